The van der Waals surface area contributed by atoms with E-state index in [2.05, 4.69) is 26.3 Å². The molecule has 0 saturated carbocycles. The fourth-order valence-electron chi connectivity index (χ4n) is 3.54. The highest BCUT2D eigenvalue weighted by Crippen LogP contribution is 2.21. The van der Waals surface area contributed by atoms with Gasteiger partial charge in [0.25, 0.3) is 5.91 Å². The van der Waals surface area contributed by atoms with Crippen LogP contribution in [0, 0.1) is 0 Å². The number of carboxylic acids is 2. The van der Waals surface area contributed by atoms with Gasteiger partial charge in [0.2, 0.25) is 0 Å². The zero-order chi connectivity index (χ0) is 24.1. The first kappa shape index (κ1) is 23.7. The number of carboxylic acid groups (broad SMARTS) is 2. The number of hydrogen-bond donors (Lipinski definition) is 8. The molecule has 178 valence electrons. The smallest absolute Gasteiger partial charge is 0.326 e. The van der Waals surface area contributed by atoms with Crippen molar-refractivity contribution in [3.8, 4) is 0 Å². The van der Waals surface area contributed by atoms with Crippen LogP contribution in [-0.4, -0.2) is 82.5 Å². The number of benzene rings is 1. The Morgan fingerprint density at radius 1 is 1.27 bits per heavy atom. The van der Waals surface area contributed by atoms with E-state index in [1.807, 2.05) is 11.9 Å². The van der Waals surface area contributed by atoms with E-state index in [0.717, 1.165) is 5.69 Å². The van der Waals surface area contributed by atoms with Gasteiger partial charge in [-0.3, -0.25) is 9.59 Å². The van der Waals surface area contributed by atoms with E-state index in [-0.39, 0.29) is 30.4 Å². The van der Waals surface area contributed by atoms with Crippen LogP contribution < -0.4 is 27.0 Å². The molecule has 1 amide bonds. The van der Waals surface area contributed by atoms with E-state index in [4.69, 9.17) is 10.8 Å². The molecule has 1 unspecified atom stereocenters. The number of aliphatic hydroxyl groups excluding tert-OH is 1. The summed E-state index contributed by atoms with van der Waals surface area (Å²) in [4.78, 5) is 40.1. The predicted octanol–water partition coefficient (Wildman–Crippen LogP) is -1.54. The highest BCUT2D eigenvalue weighted by atomic mass is 16.4. The number of hydrogen-bond acceptors (Lipinski definition) is 10. The zero-order valence-electron chi connectivity index (χ0n) is 17.9. The Balaban J connectivity index is 1.55. The van der Waals surface area contributed by atoms with E-state index in [9.17, 15) is 24.6 Å². The van der Waals surface area contributed by atoms with Crippen molar-refractivity contribution >= 4 is 29.5 Å². The average Bonchev–Trinajstić information content (AvgIpc) is 2.75. The number of aliphatic carboxylic acids is 2. The van der Waals surface area contributed by atoms with Gasteiger partial charge >= 0.3 is 11.9 Å². The van der Waals surface area contributed by atoms with Crippen LogP contribution in [0.15, 0.2) is 40.8 Å². The molecule has 3 atom stereocenters. The number of likely N-dealkylation sites (N-methyl/N-ethyl adjacent to an activating group) is 1. The molecule has 13 nitrogen and oxygen atoms in total. The van der Waals surface area contributed by atoms with Crippen LogP contribution in [0.2, 0.25) is 0 Å². The fourth-order valence-corrected chi connectivity index (χ4v) is 3.54. The molecule has 0 aliphatic carbocycles. The molecule has 0 spiro atoms. The number of aliphatic imine (C=N–C) groups is 1. The lowest BCUT2D eigenvalue weighted by Gasteiger charge is -2.41. The summed E-state index contributed by atoms with van der Waals surface area (Å²) in [5.74, 6) is -2.28. The van der Waals surface area contributed by atoms with Crippen molar-refractivity contribution in [1.29, 1.82) is 0 Å². The van der Waals surface area contributed by atoms with Crippen LogP contribution in [0.5, 0.6) is 0 Å². The second-order valence-corrected chi connectivity index (χ2v) is 7.67. The normalized spacial score (nSPS) is 20.5. The molecule has 2 aliphatic rings. The van der Waals surface area contributed by atoms with Crippen molar-refractivity contribution < 1.29 is 29.7 Å². The summed E-state index contributed by atoms with van der Waals surface area (Å²) in [7, 11) is 1.85. The summed E-state index contributed by atoms with van der Waals surface area (Å²) in [6, 6.07) is 5.16. The number of nitrogens with two attached hydrogens (primary N) is 1. The summed E-state index contributed by atoms with van der Waals surface area (Å²) in [5.41, 5.74) is 7.22. The Hall–Kier alpha value is -4.00. The van der Waals surface area contributed by atoms with E-state index in [1.165, 1.54) is 0 Å². The maximum absolute atomic E-state index is 12.3. The third-order valence-corrected chi connectivity index (χ3v) is 5.40. The van der Waals surface area contributed by atoms with Crippen molar-refractivity contribution in [2.45, 2.75) is 31.2 Å². The minimum Gasteiger partial charge on any atom is -0.481 e. The summed E-state index contributed by atoms with van der Waals surface area (Å²) in [5, 5.41) is 39.8. The van der Waals surface area contributed by atoms with Gasteiger partial charge in [-0.1, -0.05) is 0 Å². The van der Waals surface area contributed by atoms with Crippen molar-refractivity contribution in [2.24, 2.45) is 10.7 Å². The fraction of sp³-hybridized carbons (Fsp3) is 0.400. The number of carbonyl (C=O) groups is 3. The monoisotopic (exact) mass is 461 g/mol. The molecular formula is C20H27N7O6. The third-order valence-electron chi connectivity index (χ3n) is 5.40. The Morgan fingerprint density at radius 3 is 2.61 bits per heavy atom. The number of carbonyl (C=O) groups excluding carboxylic acids is 1. The van der Waals surface area contributed by atoms with E-state index in [0.29, 0.717) is 24.6 Å². The number of anilines is 1. The summed E-state index contributed by atoms with van der Waals surface area (Å²) in [6.07, 6.45) is -1.64. The second-order valence-electron chi connectivity index (χ2n) is 7.67. The first-order valence-corrected chi connectivity index (χ1v) is 10.2. The van der Waals surface area contributed by atoms with Crippen molar-refractivity contribution in [2.75, 3.05) is 25.5 Å². The number of rotatable bonds is 9. The van der Waals surface area contributed by atoms with Crippen LogP contribution in [0.25, 0.3) is 0 Å². The van der Waals surface area contributed by atoms with Gasteiger partial charge in [-0.05, 0) is 30.7 Å². The summed E-state index contributed by atoms with van der Waals surface area (Å²) in [6.45, 7) is 1.11. The van der Waals surface area contributed by atoms with Crippen LogP contribution in [-0.2, 0) is 9.59 Å². The third kappa shape index (κ3) is 5.83. The summed E-state index contributed by atoms with van der Waals surface area (Å²) >= 11 is 0. The molecule has 1 aromatic rings. The Labute approximate surface area is 189 Å². The standard InChI is InChI=1S/C20H27N7O6/c1-27-12(9-23-16-15(27)18(31)26-20(21)25-16)8-22-11-4-2-10(3-5-11)17(30)24-13(19(32)33)6-7-14(28)29/h2-5,12-13,18,22-23,31H,6-9H2,1H3,(H,24,30)(H,28,29)(H,32,33)(H3,21,25,26)/t12?,13-,18+/m0/s1. The molecule has 13 heteroatoms. The highest BCUT2D eigenvalue weighted by Gasteiger charge is 2.32. The Bertz CT molecular complexity index is 978. The largest absolute Gasteiger partial charge is 0.481 e. The molecule has 0 fully saturated rings. The quantitative estimate of drug-likeness (QED) is 0.212. The number of guanidine groups is 1. The molecule has 33 heavy (non-hydrogen) atoms. The topological polar surface area (TPSA) is 202 Å². The van der Waals surface area contributed by atoms with Crippen LogP contribution >= 0.6 is 0 Å². The Kier molecular flexibility index (Phi) is 7.23. The molecule has 0 aromatic heterocycles. The molecule has 0 saturated heterocycles. The molecule has 0 radical (unpaired) electrons. The van der Waals surface area contributed by atoms with Gasteiger partial charge in [-0.15, -0.1) is 0 Å². The van der Waals surface area contributed by atoms with E-state index in [1.54, 1.807) is 24.3 Å². The van der Waals surface area contributed by atoms with Gasteiger partial charge in [0.1, 0.15) is 17.6 Å². The lowest BCUT2D eigenvalue weighted by molar-refractivity contribution is -0.140. The SMILES string of the molecule is CN1C2=C(NCC1CNc1ccc(C(=O)N[C@@H](CCC(=O)O)C(=O)O)cc1)NC(N)=N[C@@H]2O. The van der Waals surface area contributed by atoms with Crippen LogP contribution in [0.3, 0.4) is 0 Å². The molecule has 9 N–H and O–H groups in total. The molecule has 1 aromatic carbocycles. The van der Waals surface area contributed by atoms with Gasteiger partial charge in [-0.25, -0.2) is 9.79 Å². The molecular weight excluding hydrogens is 434 g/mol. The van der Waals surface area contributed by atoms with Crippen LogP contribution in [0.1, 0.15) is 23.2 Å². The molecule has 2 heterocycles. The van der Waals surface area contributed by atoms with Gasteiger partial charge in [0.15, 0.2) is 12.2 Å². The number of amides is 1. The zero-order valence-corrected chi connectivity index (χ0v) is 17.9. The minimum atomic E-state index is -1.29. The summed E-state index contributed by atoms with van der Waals surface area (Å²) < 4.78 is 0. The van der Waals surface area contributed by atoms with Crippen molar-refractivity contribution in [3.63, 3.8) is 0 Å². The Morgan fingerprint density at radius 2 is 1.97 bits per heavy atom. The van der Waals surface area contributed by atoms with E-state index >= 15 is 0 Å². The second kappa shape index (κ2) is 10.1. The first-order valence-electron chi connectivity index (χ1n) is 10.2. The molecule has 3 rings (SSSR count). The lowest BCUT2D eigenvalue weighted by atomic mass is 10.1. The first-order chi connectivity index (χ1) is 15.7. The van der Waals surface area contributed by atoms with E-state index < -0.39 is 30.1 Å². The minimum absolute atomic E-state index is 0.0109. The number of nitrogens with one attached hydrogen (secondary N) is 4. The molecule has 2 aliphatic heterocycles. The molecule has 0 bridgehead atoms. The highest BCUT2D eigenvalue weighted by molar-refractivity contribution is 5.96. The number of nitrogens with zero attached hydrogens (tertiary/aromatic N) is 2. The average molecular weight is 461 g/mol. The van der Waals surface area contributed by atoms with Gasteiger partial charge in [-0.2, -0.15) is 0 Å². The maximum atomic E-state index is 12.3. The van der Waals surface area contributed by atoms with Crippen molar-refractivity contribution in [1.82, 2.24) is 20.9 Å². The maximum Gasteiger partial charge on any atom is 0.326 e. The van der Waals surface area contributed by atoms with Crippen LogP contribution in [0.4, 0.5) is 5.69 Å². The van der Waals surface area contributed by atoms with Gasteiger partial charge < -0.3 is 47.2 Å². The van der Waals surface area contributed by atoms with Gasteiger partial charge in [0, 0.05) is 37.8 Å². The number of aliphatic hydroxyl groups is 1. The lowest BCUT2D eigenvalue weighted by Crippen LogP contribution is -2.56. The van der Waals surface area contributed by atoms with Crippen molar-refractivity contribution in [3.05, 3.63) is 41.3 Å². The van der Waals surface area contributed by atoms with Gasteiger partial charge in [0.05, 0.1) is 6.04 Å². The predicted molar refractivity (Wildman–Crippen MR) is 118 cm³/mol.